The van der Waals surface area contributed by atoms with Crippen molar-refractivity contribution in [2.75, 3.05) is 20.6 Å². The molecule has 1 aliphatic rings. The Bertz CT molecular complexity index is 928. The van der Waals surface area contributed by atoms with Gasteiger partial charge in [0.05, 0.1) is 17.3 Å². The van der Waals surface area contributed by atoms with Gasteiger partial charge in [-0.3, -0.25) is 4.98 Å². The number of carbonyl (C=O) groups is 1. The lowest BCUT2D eigenvalue weighted by molar-refractivity contribution is 0.0697. The lowest BCUT2D eigenvalue weighted by Crippen LogP contribution is -2.39. The van der Waals surface area contributed by atoms with Gasteiger partial charge in [-0.1, -0.05) is 18.2 Å². The van der Waals surface area contributed by atoms with E-state index >= 15 is 0 Å². The number of rotatable bonds is 5. The number of benzene rings is 1. The summed E-state index contributed by atoms with van der Waals surface area (Å²) in [5, 5.41) is 9.40. The predicted octanol–water partition coefficient (Wildman–Crippen LogP) is 2.39. The van der Waals surface area contributed by atoms with Gasteiger partial charge in [-0.05, 0) is 36.6 Å². The molecule has 3 rings (SSSR count). The number of hydrogen-bond acceptors (Lipinski definition) is 4. The zero-order chi connectivity index (χ0) is 18.9. The first-order valence-corrected chi connectivity index (χ1v) is 9.70. The van der Waals surface area contributed by atoms with Crippen molar-refractivity contribution in [3.05, 3.63) is 53.7 Å². The third-order valence-corrected chi connectivity index (χ3v) is 6.52. The van der Waals surface area contributed by atoms with E-state index in [1.165, 1.54) is 28.8 Å². The smallest absolute Gasteiger partial charge is 0.336 e. The molecule has 1 saturated heterocycles. The molecule has 2 heterocycles. The molecule has 0 unspecified atom stereocenters. The second kappa shape index (κ2) is 7.14. The van der Waals surface area contributed by atoms with Gasteiger partial charge in [0.1, 0.15) is 0 Å². The summed E-state index contributed by atoms with van der Waals surface area (Å²) in [6.45, 7) is 0.467. The van der Waals surface area contributed by atoms with Gasteiger partial charge in [0.15, 0.2) is 0 Å². The molecule has 26 heavy (non-hydrogen) atoms. The van der Waals surface area contributed by atoms with Crippen LogP contribution in [-0.4, -0.2) is 53.7 Å². The van der Waals surface area contributed by atoms with E-state index in [2.05, 4.69) is 4.98 Å². The summed E-state index contributed by atoms with van der Waals surface area (Å²) in [4.78, 5) is 15.8. The van der Waals surface area contributed by atoms with E-state index in [0.29, 0.717) is 17.8 Å². The standard InChI is InChI=1S/C18H21N3O4S/c1-20(2)26(24,25)21-11-5-8-17(21)13-9-10-19-16(12-13)14-6-3-4-7-15(14)18(22)23/h3-4,6-7,9-10,12,17H,5,8,11H2,1-2H3,(H,22,23)/t17-/m1/s1. The number of aromatic nitrogens is 1. The number of hydrogen-bond donors (Lipinski definition) is 1. The van der Waals surface area contributed by atoms with E-state index < -0.39 is 16.2 Å². The molecule has 1 aliphatic heterocycles. The summed E-state index contributed by atoms with van der Waals surface area (Å²) in [6.07, 6.45) is 3.10. The maximum Gasteiger partial charge on any atom is 0.336 e. The van der Waals surface area contributed by atoms with E-state index in [1.54, 1.807) is 36.5 Å². The minimum absolute atomic E-state index is 0.168. The van der Waals surface area contributed by atoms with Gasteiger partial charge in [-0.15, -0.1) is 0 Å². The first-order valence-electron chi connectivity index (χ1n) is 8.30. The van der Waals surface area contributed by atoms with Gasteiger partial charge in [0.2, 0.25) is 0 Å². The second-order valence-electron chi connectivity index (χ2n) is 6.38. The molecule has 0 bridgehead atoms. The number of pyridine rings is 1. The van der Waals surface area contributed by atoms with E-state index in [1.807, 2.05) is 0 Å². The van der Waals surface area contributed by atoms with Crippen molar-refractivity contribution < 1.29 is 18.3 Å². The molecule has 0 radical (unpaired) electrons. The second-order valence-corrected chi connectivity index (χ2v) is 8.48. The summed E-state index contributed by atoms with van der Waals surface area (Å²) in [6, 6.07) is 9.97. The van der Waals surface area contributed by atoms with Crippen molar-refractivity contribution in [2.45, 2.75) is 18.9 Å². The SMILES string of the molecule is CN(C)S(=O)(=O)N1CCC[C@@H]1c1ccnc(-c2ccccc2C(=O)O)c1. The number of carboxylic acids is 1. The molecule has 1 atom stereocenters. The maximum absolute atomic E-state index is 12.6. The van der Waals surface area contributed by atoms with Gasteiger partial charge in [-0.2, -0.15) is 17.0 Å². The van der Waals surface area contributed by atoms with Crippen LogP contribution in [0, 0.1) is 0 Å². The van der Waals surface area contributed by atoms with E-state index in [0.717, 1.165) is 18.4 Å². The highest BCUT2D eigenvalue weighted by Gasteiger charge is 2.36. The zero-order valence-corrected chi connectivity index (χ0v) is 15.5. The Morgan fingerprint density at radius 3 is 2.69 bits per heavy atom. The predicted molar refractivity (Wildman–Crippen MR) is 97.9 cm³/mol. The van der Waals surface area contributed by atoms with Crippen LogP contribution in [0.3, 0.4) is 0 Å². The molecular weight excluding hydrogens is 354 g/mol. The molecule has 0 aliphatic carbocycles. The fraction of sp³-hybridized carbons (Fsp3) is 0.333. The van der Waals surface area contributed by atoms with Gasteiger partial charge in [-0.25, -0.2) is 4.79 Å². The minimum Gasteiger partial charge on any atom is -0.478 e. The highest BCUT2D eigenvalue weighted by Crippen LogP contribution is 2.36. The van der Waals surface area contributed by atoms with E-state index in [-0.39, 0.29) is 11.6 Å². The van der Waals surface area contributed by atoms with Crippen molar-refractivity contribution in [2.24, 2.45) is 0 Å². The Morgan fingerprint density at radius 1 is 1.27 bits per heavy atom. The molecule has 1 N–H and O–H groups in total. The zero-order valence-electron chi connectivity index (χ0n) is 14.7. The molecule has 0 spiro atoms. The van der Waals surface area contributed by atoms with Crippen LogP contribution in [0.2, 0.25) is 0 Å². The van der Waals surface area contributed by atoms with Crippen LogP contribution in [0.15, 0.2) is 42.6 Å². The quantitative estimate of drug-likeness (QED) is 0.866. The van der Waals surface area contributed by atoms with Gasteiger partial charge >= 0.3 is 5.97 Å². The van der Waals surface area contributed by atoms with Crippen LogP contribution < -0.4 is 0 Å². The normalized spacial score (nSPS) is 18.3. The van der Waals surface area contributed by atoms with Crippen LogP contribution in [0.5, 0.6) is 0 Å². The summed E-state index contributed by atoms with van der Waals surface area (Å²) in [5.41, 5.74) is 2.02. The monoisotopic (exact) mass is 375 g/mol. The third kappa shape index (κ3) is 3.35. The fourth-order valence-electron chi connectivity index (χ4n) is 3.25. The number of aromatic carboxylic acids is 1. The summed E-state index contributed by atoms with van der Waals surface area (Å²) < 4.78 is 27.9. The summed E-state index contributed by atoms with van der Waals surface area (Å²) in [5.74, 6) is -1.02. The van der Waals surface area contributed by atoms with E-state index in [9.17, 15) is 18.3 Å². The van der Waals surface area contributed by atoms with Gasteiger partial charge in [0, 0.05) is 32.4 Å². The van der Waals surface area contributed by atoms with Crippen LogP contribution in [0.25, 0.3) is 11.3 Å². The number of carboxylic acid groups (broad SMARTS) is 1. The fourth-order valence-corrected chi connectivity index (χ4v) is 4.58. The van der Waals surface area contributed by atoms with Crippen LogP contribution >= 0.6 is 0 Å². The average Bonchev–Trinajstić information content (AvgIpc) is 3.12. The highest BCUT2D eigenvalue weighted by molar-refractivity contribution is 7.86. The van der Waals surface area contributed by atoms with Crippen molar-refractivity contribution >= 4 is 16.2 Å². The molecule has 1 aromatic carbocycles. The molecule has 0 saturated carbocycles. The summed E-state index contributed by atoms with van der Waals surface area (Å²) >= 11 is 0. The Balaban J connectivity index is 2.02. The van der Waals surface area contributed by atoms with Crippen molar-refractivity contribution in [3.63, 3.8) is 0 Å². The Labute approximate surface area is 153 Å². The van der Waals surface area contributed by atoms with Crippen molar-refractivity contribution in [1.82, 2.24) is 13.6 Å². The third-order valence-electron chi connectivity index (χ3n) is 4.56. The topological polar surface area (TPSA) is 90.8 Å². The molecule has 138 valence electrons. The molecule has 1 fully saturated rings. The van der Waals surface area contributed by atoms with E-state index in [4.69, 9.17) is 0 Å². The maximum atomic E-state index is 12.6. The summed E-state index contributed by atoms with van der Waals surface area (Å²) in [7, 11) is -0.482. The largest absolute Gasteiger partial charge is 0.478 e. The Kier molecular flexibility index (Phi) is 5.08. The van der Waals surface area contributed by atoms with Gasteiger partial charge < -0.3 is 5.11 Å². The van der Waals surface area contributed by atoms with Crippen molar-refractivity contribution in [3.8, 4) is 11.3 Å². The van der Waals surface area contributed by atoms with Gasteiger partial charge in [0.25, 0.3) is 10.2 Å². The molecule has 7 nitrogen and oxygen atoms in total. The molecule has 2 aromatic rings. The minimum atomic E-state index is -3.52. The molecule has 0 amide bonds. The number of nitrogens with zero attached hydrogens (tertiary/aromatic N) is 3. The first kappa shape index (κ1) is 18.5. The Morgan fingerprint density at radius 2 is 2.00 bits per heavy atom. The lowest BCUT2D eigenvalue weighted by atomic mass is 10.00. The first-order chi connectivity index (χ1) is 12.3. The average molecular weight is 375 g/mol. The Hall–Kier alpha value is -2.29. The van der Waals surface area contributed by atoms with Crippen molar-refractivity contribution in [1.29, 1.82) is 0 Å². The van der Waals surface area contributed by atoms with Crippen LogP contribution in [-0.2, 0) is 10.2 Å². The molecule has 8 heteroatoms. The lowest BCUT2D eigenvalue weighted by Gasteiger charge is -2.27. The van der Waals surface area contributed by atoms with Crippen LogP contribution in [0.1, 0.15) is 34.8 Å². The molecule has 1 aromatic heterocycles. The highest BCUT2D eigenvalue weighted by atomic mass is 32.2. The molecular formula is C18H21N3O4S. The van der Waals surface area contributed by atoms with Crippen LogP contribution in [0.4, 0.5) is 0 Å².